The number of nitrogens with one attached hydrogen (secondary N) is 1. The van der Waals surface area contributed by atoms with Crippen molar-refractivity contribution < 1.29 is 19.4 Å². The van der Waals surface area contributed by atoms with Gasteiger partial charge in [-0.05, 0) is 51.3 Å². The topological polar surface area (TPSA) is 75.6 Å². The molecular formula is C16H21NO4. The Bertz CT molecular complexity index is 542. The Hall–Kier alpha value is -1.88. The summed E-state index contributed by atoms with van der Waals surface area (Å²) in [5, 5.41) is 12.0. The summed E-state index contributed by atoms with van der Waals surface area (Å²) in [7, 11) is 0. The van der Waals surface area contributed by atoms with Gasteiger partial charge in [-0.3, -0.25) is 9.59 Å². The van der Waals surface area contributed by atoms with Crippen LogP contribution in [-0.4, -0.2) is 29.2 Å². The molecule has 1 aliphatic heterocycles. The second-order valence-corrected chi connectivity index (χ2v) is 6.14. The van der Waals surface area contributed by atoms with Gasteiger partial charge in [0.05, 0.1) is 5.41 Å². The number of carboxylic acid groups (broad SMARTS) is 1. The maximum Gasteiger partial charge on any atom is 0.313 e. The molecule has 0 aliphatic carbocycles. The van der Waals surface area contributed by atoms with Crippen LogP contribution in [-0.2, 0) is 19.7 Å². The highest BCUT2D eigenvalue weighted by Gasteiger charge is 2.37. The fraction of sp³-hybridized carbons (Fsp3) is 0.500. The van der Waals surface area contributed by atoms with Gasteiger partial charge >= 0.3 is 5.97 Å². The number of aliphatic carboxylic acids is 1. The van der Waals surface area contributed by atoms with Crippen LogP contribution in [0.5, 0.6) is 0 Å². The normalized spacial score (nSPS) is 22.0. The summed E-state index contributed by atoms with van der Waals surface area (Å²) in [6.45, 7) is 5.69. The number of rotatable bonds is 4. The van der Waals surface area contributed by atoms with E-state index in [1.54, 1.807) is 45.0 Å². The maximum absolute atomic E-state index is 12.2. The lowest BCUT2D eigenvalue weighted by Crippen LogP contribution is -2.39. The molecule has 2 N–H and O–H groups in total. The zero-order valence-electron chi connectivity index (χ0n) is 12.6. The molecule has 0 saturated carbocycles. The Balaban J connectivity index is 2.10. The summed E-state index contributed by atoms with van der Waals surface area (Å²) in [5.41, 5.74) is -0.389. The van der Waals surface area contributed by atoms with Gasteiger partial charge < -0.3 is 15.2 Å². The first kappa shape index (κ1) is 15.5. The number of ether oxygens (including phenoxy) is 1. The molecular weight excluding hydrogens is 270 g/mol. The zero-order chi connectivity index (χ0) is 15.7. The standard InChI is InChI=1S/C16H21NO4/c1-15(2,14(19)20)11-5-7-12(8-6-11)17-13(18)16(3)9-4-10-21-16/h5-8H,4,9-10H2,1-3H3,(H,17,18)(H,19,20). The van der Waals surface area contributed by atoms with Gasteiger partial charge in [-0.25, -0.2) is 0 Å². The van der Waals surface area contributed by atoms with Gasteiger partial charge in [0.25, 0.3) is 5.91 Å². The fourth-order valence-corrected chi connectivity index (χ4v) is 2.32. The number of hydrogen-bond donors (Lipinski definition) is 2. The van der Waals surface area contributed by atoms with Gasteiger partial charge in [0.1, 0.15) is 5.60 Å². The highest BCUT2D eigenvalue weighted by Crippen LogP contribution is 2.28. The molecule has 1 aliphatic rings. The molecule has 1 aromatic carbocycles. The van der Waals surface area contributed by atoms with E-state index < -0.39 is 17.0 Å². The van der Waals surface area contributed by atoms with Crippen molar-refractivity contribution in [2.75, 3.05) is 11.9 Å². The third kappa shape index (κ3) is 3.08. The Kier molecular flexibility index (Phi) is 4.05. The molecule has 1 saturated heterocycles. The molecule has 21 heavy (non-hydrogen) atoms. The number of amides is 1. The van der Waals surface area contributed by atoms with Crippen LogP contribution in [0.1, 0.15) is 39.2 Å². The van der Waals surface area contributed by atoms with Crippen molar-refractivity contribution in [3.05, 3.63) is 29.8 Å². The van der Waals surface area contributed by atoms with E-state index in [0.717, 1.165) is 6.42 Å². The van der Waals surface area contributed by atoms with Crippen molar-refractivity contribution >= 4 is 17.6 Å². The molecule has 0 aromatic heterocycles. The maximum atomic E-state index is 12.2. The summed E-state index contributed by atoms with van der Waals surface area (Å²) in [6, 6.07) is 6.88. The molecule has 5 nitrogen and oxygen atoms in total. The van der Waals surface area contributed by atoms with E-state index in [-0.39, 0.29) is 5.91 Å². The number of hydrogen-bond acceptors (Lipinski definition) is 3. The van der Waals surface area contributed by atoms with Gasteiger partial charge in [0.15, 0.2) is 0 Å². The molecule has 0 radical (unpaired) electrons. The lowest BCUT2D eigenvalue weighted by atomic mass is 9.85. The average molecular weight is 291 g/mol. The number of anilines is 1. The summed E-state index contributed by atoms with van der Waals surface area (Å²) < 4.78 is 5.49. The van der Waals surface area contributed by atoms with E-state index in [1.165, 1.54) is 0 Å². The number of carboxylic acids is 1. The molecule has 5 heteroatoms. The van der Waals surface area contributed by atoms with Crippen molar-refractivity contribution in [3.8, 4) is 0 Å². The zero-order valence-corrected chi connectivity index (χ0v) is 12.6. The summed E-state index contributed by atoms with van der Waals surface area (Å²) in [4.78, 5) is 23.4. The van der Waals surface area contributed by atoms with Crippen LogP contribution in [0.2, 0.25) is 0 Å². The van der Waals surface area contributed by atoms with Crippen LogP contribution in [0.3, 0.4) is 0 Å². The van der Waals surface area contributed by atoms with Crippen molar-refractivity contribution in [1.82, 2.24) is 0 Å². The van der Waals surface area contributed by atoms with Crippen LogP contribution >= 0.6 is 0 Å². The first-order valence-electron chi connectivity index (χ1n) is 7.05. The number of carbonyl (C=O) groups is 2. The molecule has 1 aromatic rings. The predicted octanol–water partition coefficient (Wildman–Crippen LogP) is 2.56. The van der Waals surface area contributed by atoms with Crippen LogP contribution in [0.25, 0.3) is 0 Å². The Morgan fingerprint density at radius 3 is 2.38 bits per heavy atom. The Labute approximate surface area is 124 Å². The summed E-state index contributed by atoms with van der Waals surface area (Å²) in [5.74, 6) is -1.05. The van der Waals surface area contributed by atoms with Crippen molar-refractivity contribution in [3.63, 3.8) is 0 Å². The Morgan fingerprint density at radius 2 is 1.90 bits per heavy atom. The molecule has 1 atom stereocenters. The number of carbonyl (C=O) groups excluding carboxylic acids is 1. The second kappa shape index (κ2) is 5.48. The summed E-state index contributed by atoms with van der Waals surface area (Å²) >= 11 is 0. The van der Waals surface area contributed by atoms with Gasteiger partial charge in [-0.2, -0.15) is 0 Å². The molecule has 1 heterocycles. The molecule has 0 spiro atoms. The van der Waals surface area contributed by atoms with Crippen molar-refractivity contribution in [2.24, 2.45) is 0 Å². The van der Waals surface area contributed by atoms with Crippen LogP contribution in [0, 0.1) is 0 Å². The quantitative estimate of drug-likeness (QED) is 0.894. The van der Waals surface area contributed by atoms with E-state index in [9.17, 15) is 14.7 Å². The van der Waals surface area contributed by atoms with Crippen LogP contribution in [0.15, 0.2) is 24.3 Å². The SMILES string of the molecule is CC1(C(=O)Nc2ccc(C(C)(C)C(=O)O)cc2)CCCO1. The molecule has 2 rings (SSSR count). The van der Waals surface area contributed by atoms with Crippen LogP contribution in [0.4, 0.5) is 5.69 Å². The smallest absolute Gasteiger partial charge is 0.313 e. The average Bonchev–Trinajstić information content (AvgIpc) is 2.87. The van der Waals surface area contributed by atoms with Gasteiger partial charge in [0.2, 0.25) is 0 Å². The first-order chi connectivity index (χ1) is 9.75. The predicted molar refractivity (Wildman–Crippen MR) is 79.3 cm³/mol. The lowest BCUT2D eigenvalue weighted by Gasteiger charge is -2.23. The van der Waals surface area contributed by atoms with E-state index in [0.29, 0.717) is 24.3 Å². The van der Waals surface area contributed by atoms with E-state index in [4.69, 9.17) is 4.74 Å². The van der Waals surface area contributed by atoms with Crippen LogP contribution < -0.4 is 5.32 Å². The molecule has 1 unspecified atom stereocenters. The monoisotopic (exact) mass is 291 g/mol. The Morgan fingerprint density at radius 1 is 1.29 bits per heavy atom. The van der Waals surface area contributed by atoms with E-state index in [1.807, 2.05) is 0 Å². The third-order valence-corrected chi connectivity index (χ3v) is 4.10. The minimum absolute atomic E-state index is 0.162. The summed E-state index contributed by atoms with van der Waals surface area (Å²) in [6.07, 6.45) is 1.60. The van der Waals surface area contributed by atoms with Gasteiger partial charge in [0, 0.05) is 12.3 Å². The molecule has 1 fully saturated rings. The highest BCUT2D eigenvalue weighted by atomic mass is 16.5. The number of benzene rings is 1. The first-order valence-corrected chi connectivity index (χ1v) is 7.05. The lowest BCUT2D eigenvalue weighted by molar-refractivity contribution is -0.142. The van der Waals surface area contributed by atoms with Gasteiger partial charge in [-0.1, -0.05) is 12.1 Å². The largest absolute Gasteiger partial charge is 0.481 e. The fourth-order valence-electron chi connectivity index (χ4n) is 2.32. The van der Waals surface area contributed by atoms with Crippen molar-refractivity contribution in [2.45, 2.75) is 44.6 Å². The third-order valence-electron chi connectivity index (χ3n) is 4.10. The van der Waals surface area contributed by atoms with Gasteiger partial charge in [-0.15, -0.1) is 0 Å². The highest BCUT2D eigenvalue weighted by molar-refractivity contribution is 5.97. The van der Waals surface area contributed by atoms with Crippen molar-refractivity contribution in [1.29, 1.82) is 0 Å². The molecule has 114 valence electrons. The minimum atomic E-state index is -0.955. The van der Waals surface area contributed by atoms with E-state index >= 15 is 0 Å². The molecule has 1 amide bonds. The second-order valence-electron chi connectivity index (χ2n) is 6.14. The van der Waals surface area contributed by atoms with E-state index in [2.05, 4.69) is 5.32 Å². The minimum Gasteiger partial charge on any atom is -0.481 e. The molecule has 0 bridgehead atoms.